The molecule has 0 spiro atoms. The van der Waals surface area contributed by atoms with Crippen LogP contribution in [0.5, 0.6) is 5.75 Å². The van der Waals surface area contributed by atoms with Crippen LogP contribution in [0.3, 0.4) is 0 Å². The summed E-state index contributed by atoms with van der Waals surface area (Å²) in [6.07, 6.45) is 1.61. The number of ether oxygens (including phenoxy) is 1. The van der Waals surface area contributed by atoms with E-state index in [4.69, 9.17) is 34.8 Å². The van der Waals surface area contributed by atoms with Crippen LogP contribution in [0.25, 0.3) is 0 Å². The lowest BCUT2D eigenvalue weighted by molar-refractivity contribution is -0.145. The molecule has 132 valence electrons. The van der Waals surface area contributed by atoms with E-state index in [1.807, 2.05) is 0 Å². The Balaban J connectivity index is 2.37. The quantitative estimate of drug-likeness (QED) is 0.684. The maximum absolute atomic E-state index is 12.4. The predicted molar refractivity (Wildman–Crippen MR) is 88.9 cm³/mol. The molecule has 0 radical (unpaired) electrons. The monoisotopic (exact) mass is 398 g/mol. The summed E-state index contributed by atoms with van der Waals surface area (Å²) in [6, 6.07) is 4.32. The van der Waals surface area contributed by atoms with Crippen LogP contribution < -0.4 is 4.74 Å². The number of alkyl halides is 2. The van der Waals surface area contributed by atoms with Crippen LogP contribution >= 0.6 is 34.8 Å². The average Bonchev–Trinajstić information content (AvgIpc) is 2.89. The van der Waals surface area contributed by atoms with Gasteiger partial charge in [-0.1, -0.05) is 54.7 Å². The van der Waals surface area contributed by atoms with Crippen LogP contribution in [0, 0.1) is 16.7 Å². The lowest BCUT2D eigenvalue weighted by Crippen LogP contribution is -2.24. The smallest absolute Gasteiger partial charge is 0.387 e. The molecular weight excluding hydrogens is 385 g/mol. The van der Waals surface area contributed by atoms with Gasteiger partial charge in [0.25, 0.3) is 0 Å². The van der Waals surface area contributed by atoms with Crippen LogP contribution in [0.4, 0.5) is 8.78 Å². The molecular formula is C16H15Cl3F2O3. The third kappa shape index (κ3) is 3.35. The Kier molecular flexibility index (Phi) is 5.38. The first-order chi connectivity index (χ1) is 11.0. The third-order valence-electron chi connectivity index (χ3n) is 4.74. The topological polar surface area (TPSA) is 46.5 Å². The molecule has 3 nitrogen and oxygen atoms in total. The number of carboxylic acid groups (broad SMARTS) is 1. The van der Waals surface area contributed by atoms with Crippen molar-refractivity contribution in [1.82, 2.24) is 0 Å². The summed E-state index contributed by atoms with van der Waals surface area (Å²) in [5.41, 5.74) is -1.22. The van der Waals surface area contributed by atoms with Crippen molar-refractivity contribution in [2.75, 3.05) is 0 Å². The number of aliphatic carboxylic acids is 1. The van der Waals surface area contributed by atoms with Gasteiger partial charge in [-0.3, -0.25) is 4.79 Å². The van der Waals surface area contributed by atoms with E-state index in [0.29, 0.717) is 5.56 Å². The number of carbonyl (C=O) groups is 1. The van der Waals surface area contributed by atoms with Crippen LogP contribution in [-0.4, -0.2) is 17.7 Å². The van der Waals surface area contributed by atoms with Crippen LogP contribution in [0.15, 0.2) is 28.8 Å². The van der Waals surface area contributed by atoms with Gasteiger partial charge in [-0.25, -0.2) is 0 Å². The molecule has 2 unspecified atom stereocenters. The molecule has 1 saturated carbocycles. The molecule has 1 aromatic rings. The van der Waals surface area contributed by atoms with Crippen molar-refractivity contribution in [1.29, 1.82) is 0 Å². The number of hydrogen-bond donors (Lipinski definition) is 1. The van der Waals surface area contributed by atoms with E-state index in [-0.39, 0.29) is 27.6 Å². The van der Waals surface area contributed by atoms with Gasteiger partial charge in [0.1, 0.15) is 10.2 Å². The fourth-order valence-electron chi connectivity index (χ4n) is 3.36. The molecule has 0 saturated heterocycles. The Hall–Kier alpha value is -1.04. The summed E-state index contributed by atoms with van der Waals surface area (Å²) in [5.74, 6) is -1.58. The molecule has 1 aliphatic carbocycles. The molecule has 24 heavy (non-hydrogen) atoms. The van der Waals surface area contributed by atoms with Crippen LogP contribution in [0.1, 0.15) is 19.4 Å². The van der Waals surface area contributed by atoms with Crippen molar-refractivity contribution in [3.05, 3.63) is 39.4 Å². The molecule has 1 aliphatic rings. The number of carboxylic acids is 1. The van der Waals surface area contributed by atoms with Crippen molar-refractivity contribution in [3.8, 4) is 5.75 Å². The largest absolute Gasteiger partial charge is 0.481 e. The first-order valence-corrected chi connectivity index (χ1v) is 8.15. The zero-order valence-electron chi connectivity index (χ0n) is 12.8. The zero-order chi connectivity index (χ0) is 18.3. The Labute approximate surface area is 153 Å². The second-order valence-corrected chi connectivity index (χ2v) is 7.67. The number of hydrogen-bond acceptors (Lipinski definition) is 2. The summed E-state index contributed by atoms with van der Waals surface area (Å²) in [5, 5.41) is 9.79. The minimum absolute atomic E-state index is 0.00553. The summed E-state index contributed by atoms with van der Waals surface area (Å²) in [6.45, 7) is 0.575. The van der Waals surface area contributed by atoms with Crippen molar-refractivity contribution >= 4 is 40.8 Å². The van der Waals surface area contributed by atoms with E-state index in [9.17, 15) is 18.7 Å². The summed E-state index contributed by atoms with van der Waals surface area (Å²) in [7, 11) is 0. The maximum atomic E-state index is 12.4. The van der Waals surface area contributed by atoms with Crippen LogP contribution in [0.2, 0.25) is 5.02 Å². The first kappa shape index (κ1) is 19.3. The predicted octanol–water partition coefficient (Wildman–Crippen LogP) is 5.53. The van der Waals surface area contributed by atoms with E-state index in [1.54, 1.807) is 19.9 Å². The van der Waals surface area contributed by atoms with E-state index >= 15 is 0 Å². The van der Waals surface area contributed by atoms with Crippen molar-refractivity contribution in [2.24, 2.45) is 16.7 Å². The molecule has 1 fully saturated rings. The van der Waals surface area contributed by atoms with E-state index < -0.39 is 23.4 Å². The highest BCUT2D eigenvalue weighted by atomic mass is 35.5. The molecule has 0 aromatic heterocycles. The summed E-state index contributed by atoms with van der Waals surface area (Å²) < 4.78 is 29.2. The molecule has 0 aliphatic heterocycles. The second-order valence-electron chi connectivity index (χ2n) is 6.25. The number of halogens is 5. The molecule has 1 N–H and O–H groups in total. The van der Waals surface area contributed by atoms with Gasteiger partial charge in [0, 0.05) is 5.92 Å². The Morgan fingerprint density at radius 1 is 1.42 bits per heavy atom. The van der Waals surface area contributed by atoms with Crippen LogP contribution in [-0.2, 0) is 11.2 Å². The van der Waals surface area contributed by atoms with E-state index in [2.05, 4.69) is 4.74 Å². The fourth-order valence-corrected chi connectivity index (χ4v) is 3.77. The standard InChI is InChI=1S/C16H15Cl3F2O3/c1-15(2)11(6-12(18)19)16(15,13(22)23)7-8-3-4-9(17)10(5-8)24-14(20)21/h3-6,11,14H,7H2,1-2H3,(H,22,23). The van der Waals surface area contributed by atoms with Gasteiger partial charge < -0.3 is 9.84 Å². The summed E-state index contributed by atoms with van der Waals surface area (Å²) in [4.78, 5) is 11.9. The van der Waals surface area contributed by atoms with E-state index in [1.165, 1.54) is 18.2 Å². The van der Waals surface area contributed by atoms with Gasteiger partial charge in [0.2, 0.25) is 0 Å². The average molecular weight is 400 g/mol. The SMILES string of the molecule is CC1(C)C(C=C(Cl)Cl)C1(Cc1ccc(Cl)c(OC(F)F)c1)C(=O)O. The highest BCUT2D eigenvalue weighted by Crippen LogP contribution is 2.71. The molecule has 0 amide bonds. The number of benzene rings is 1. The lowest BCUT2D eigenvalue weighted by Gasteiger charge is -2.16. The molecule has 8 heteroatoms. The number of allylic oxidation sites excluding steroid dienone is 1. The van der Waals surface area contributed by atoms with Gasteiger partial charge >= 0.3 is 12.6 Å². The molecule has 0 heterocycles. The maximum Gasteiger partial charge on any atom is 0.387 e. The van der Waals surface area contributed by atoms with Gasteiger partial charge in [-0.15, -0.1) is 0 Å². The van der Waals surface area contributed by atoms with Crippen molar-refractivity contribution in [3.63, 3.8) is 0 Å². The van der Waals surface area contributed by atoms with Gasteiger partial charge in [-0.05, 0) is 35.6 Å². The second kappa shape index (κ2) is 6.70. The van der Waals surface area contributed by atoms with Crippen molar-refractivity contribution in [2.45, 2.75) is 26.9 Å². The Morgan fingerprint density at radius 2 is 2.04 bits per heavy atom. The zero-order valence-corrected chi connectivity index (χ0v) is 15.1. The summed E-state index contributed by atoms with van der Waals surface area (Å²) >= 11 is 17.2. The van der Waals surface area contributed by atoms with Gasteiger partial charge in [0.15, 0.2) is 0 Å². The molecule has 0 bridgehead atoms. The lowest BCUT2D eigenvalue weighted by atomic mass is 9.88. The highest BCUT2D eigenvalue weighted by molar-refractivity contribution is 6.55. The van der Waals surface area contributed by atoms with Gasteiger partial charge in [-0.2, -0.15) is 8.78 Å². The Bertz CT molecular complexity index is 687. The number of rotatable bonds is 6. The molecule has 2 atom stereocenters. The minimum atomic E-state index is -3.02. The highest BCUT2D eigenvalue weighted by Gasteiger charge is 2.74. The van der Waals surface area contributed by atoms with E-state index in [0.717, 1.165) is 0 Å². The van der Waals surface area contributed by atoms with Crippen molar-refractivity contribution < 1.29 is 23.4 Å². The molecule has 1 aromatic carbocycles. The third-order valence-corrected chi connectivity index (χ3v) is 5.31. The van der Waals surface area contributed by atoms with Gasteiger partial charge in [0.05, 0.1) is 10.4 Å². The normalized spacial score (nSPS) is 24.6. The Morgan fingerprint density at radius 3 is 2.54 bits per heavy atom. The fraction of sp³-hybridized carbons (Fsp3) is 0.438. The minimum Gasteiger partial charge on any atom is -0.481 e. The molecule has 2 rings (SSSR count). The first-order valence-electron chi connectivity index (χ1n) is 7.02.